The highest BCUT2D eigenvalue weighted by Crippen LogP contribution is 2.16. The molecular weight excluding hydrogens is 216 g/mol. The van der Waals surface area contributed by atoms with E-state index in [1.54, 1.807) is 18.7 Å². The standard InChI is InChI=1S/C9H16N2O3S/c1-2-7(8(12)13)11-9(14)10-6-3-4-15-5-6/h6-7H,2-5H2,1H3,(H,12,13)(H2,10,11,14)/t6?,7-/m0/s1. The van der Waals surface area contributed by atoms with E-state index >= 15 is 0 Å². The van der Waals surface area contributed by atoms with Gasteiger partial charge in [0.15, 0.2) is 0 Å². The number of nitrogens with one attached hydrogen (secondary N) is 2. The fraction of sp³-hybridized carbons (Fsp3) is 0.778. The molecule has 1 aliphatic heterocycles. The molecule has 1 unspecified atom stereocenters. The van der Waals surface area contributed by atoms with E-state index in [0.29, 0.717) is 6.42 Å². The molecule has 1 rings (SSSR count). The van der Waals surface area contributed by atoms with E-state index in [1.165, 1.54) is 0 Å². The summed E-state index contributed by atoms with van der Waals surface area (Å²) in [6.07, 6.45) is 1.35. The molecule has 2 atom stereocenters. The molecule has 0 aromatic rings. The van der Waals surface area contributed by atoms with Gasteiger partial charge in [-0.3, -0.25) is 0 Å². The SMILES string of the molecule is CC[C@H](NC(=O)NC1CCSC1)C(=O)O. The van der Waals surface area contributed by atoms with Crippen LogP contribution in [0.25, 0.3) is 0 Å². The van der Waals surface area contributed by atoms with E-state index in [1.807, 2.05) is 0 Å². The Hall–Kier alpha value is -0.910. The molecule has 0 saturated carbocycles. The van der Waals surface area contributed by atoms with E-state index in [-0.39, 0.29) is 12.1 Å². The van der Waals surface area contributed by atoms with Crippen molar-refractivity contribution in [3.8, 4) is 0 Å². The number of urea groups is 1. The summed E-state index contributed by atoms with van der Waals surface area (Å²) in [4.78, 5) is 22.0. The van der Waals surface area contributed by atoms with Crippen LogP contribution in [-0.2, 0) is 4.79 Å². The van der Waals surface area contributed by atoms with E-state index in [0.717, 1.165) is 17.9 Å². The van der Waals surface area contributed by atoms with Gasteiger partial charge < -0.3 is 15.7 Å². The summed E-state index contributed by atoms with van der Waals surface area (Å²) in [5.41, 5.74) is 0. The lowest BCUT2D eigenvalue weighted by Gasteiger charge is -2.16. The highest BCUT2D eigenvalue weighted by molar-refractivity contribution is 7.99. The van der Waals surface area contributed by atoms with Crippen molar-refractivity contribution in [1.82, 2.24) is 10.6 Å². The highest BCUT2D eigenvalue weighted by Gasteiger charge is 2.21. The third-order valence-corrected chi connectivity index (χ3v) is 3.44. The number of aliphatic carboxylic acids is 1. The monoisotopic (exact) mass is 232 g/mol. The summed E-state index contributed by atoms with van der Waals surface area (Å²) in [6.45, 7) is 1.73. The Balaban J connectivity index is 2.30. The molecule has 3 N–H and O–H groups in total. The van der Waals surface area contributed by atoms with E-state index in [4.69, 9.17) is 5.11 Å². The predicted octanol–water partition coefficient (Wildman–Crippen LogP) is 0.654. The third-order valence-electron chi connectivity index (χ3n) is 2.28. The van der Waals surface area contributed by atoms with Gasteiger partial charge in [-0.2, -0.15) is 11.8 Å². The van der Waals surface area contributed by atoms with Crippen LogP contribution in [0.1, 0.15) is 19.8 Å². The molecule has 6 heteroatoms. The highest BCUT2D eigenvalue weighted by atomic mass is 32.2. The third kappa shape index (κ3) is 3.99. The van der Waals surface area contributed by atoms with Crippen molar-refractivity contribution >= 4 is 23.8 Å². The first-order valence-electron chi connectivity index (χ1n) is 5.01. The minimum atomic E-state index is -0.992. The molecule has 0 aliphatic carbocycles. The fourth-order valence-electron chi connectivity index (χ4n) is 1.37. The lowest BCUT2D eigenvalue weighted by atomic mass is 10.2. The average Bonchev–Trinajstić information content (AvgIpc) is 2.66. The van der Waals surface area contributed by atoms with Crippen molar-refractivity contribution in [3.63, 3.8) is 0 Å². The molecule has 1 heterocycles. The quantitative estimate of drug-likeness (QED) is 0.665. The smallest absolute Gasteiger partial charge is 0.326 e. The zero-order chi connectivity index (χ0) is 11.3. The van der Waals surface area contributed by atoms with Crippen LogP contribution in [0, 0.1) is 0 Å². The van der Waals surface area contributed by atoms with E-state index in [2.05, 4.69) is 10.6 Å². The van der Waals surface area contributed by atoms with Crippen LogP contribution < -0.4 is 10.6 Å². The van der Waals surface area contributed by atoms with Gasteiger partial charge in [-0.1, -0.05) is 6.92 Å². The number of carbonyl (C=O) groups is 2. The van der Waals surface area contributed by atoms with Crippen LogP contribution >= 0.6 is 11.8 Å². The second-order valence-electron chi connectivity index (χ2n) is 3.48. The Labute approximate surface area is 93.0 Å². The molecule has 1 aliphatic rings. The Kier molecular flexibility index (Phi) is 4.74. The summed E-state index contributed by atoms with van der Waals surface area (Å²) in [7, 11) is 0. The fourth-order valence-corrected chi connectivity index (χ4v) is 2.52. The predicted molar refractivity (Wildman–Crippen MR) is 59.1 cm³/mol. The minimum absolute atomic E-state index is 0.182. The first kappa shape index (κ1) is 12.2. The zero-order valence-electron chi connectivity index (χ0n) is 8.66. The Morgan fingerprint density at radius 1 is 1.60 bits per heavy atom. The van der Waals surface area contributed by atoms with Crippen molar-refractivity contribution in [2.75, 3.05) is 11.5 Å². The van der Waals surface area contributed by atoms with E-state index < -0.39 is 12.0 Å². The van der Waals surface area contributed by atoms with Crippen molar-refractivity contribution < 1.29 is 14.7 Å². The van der Waals surface area contributed by atoms with Gasteiger partial charge in [0, 0.05) is 11.8 Å². The molecule has 0 radical (unpaired) electrons. The van der Waals surface area contributed by atoms with E-state index in [9.17, 15) is 9.59 Å². The molecule has 1 saturated heterocycles. The first-order chi connectivity index (χ1) is 7.13. The van der Waals surface area contributed by atoms with Gasteiger partial charge in [0.05, 0.1) is 0 Å². The van der Waals surface area contributed by atoms with Crippen molar-refractivity contribution in [1.29, 1.82) is 0 Å². The number of carboxylic acids is 1. The van der Waals surface area contributed by atoms with Gasteiger partial charge in [0.25, 0.3) is 0 Å². The molecule has 0 spiro atoms. The number of hydrogen-bond acceptors (Lipinski definition) is 3. The lowest BCUT2D eigenvalue weighted by molar-refractivity contribution is -0.139. The van der Waals surface area contributed by atoms with Gasteiger partial charge in [-0.25, -0.2) is 9.59 Å². The molecule has 0 bridgehead atoms. The Morgan fingerprint density at radius 3 is 2.80 bits per heavy atom. The number of carboxylic acid groups (broad SMARTS) is 1. The van der Waals surface area contributed by atoms with Crippen molar-refractivity contribution in [2.24, 2.45) is 0 Å². The molecule has 5 nitrogen and oxygen atoms in total. The van der Waals surface area contributed by atoms with Gasteiger partial charge >= 0.3 is 12.0 Å². The summed E-state index contributed by atoms with van der Waals surface area (Å²) in [5, 5.41) is 13.9. The van der Waals surface area contributed by atoms with Gasteiger partial charge in [-0.05, 0) is 18.6 Å². The van der Waals surface area contributed by atoms with Crippen LogP contribution in [0.3, 0.4) is 0 Å². The number of hydrogen-bond donors (Lipinski definition) is 3. The Bertz CT molecular complexity index is 242. The topological polar surface area (TPSA) is 78.4 Å². The number of thioether (sulfide) groups is 1. The molecule has 0 aromatic heterocycles. The van der Waals surface area contributed by atoms with Gasteiger partial charge in [0.1, 0.15) is 6.04 Å². The molecule has 15 heavy (non-hydrogen) atoms. The van der Waals surface area contributed by atoms with Crippen LogP contribution in [-0.4, -0.2) is 40.7 Å². The zero-order valence-corrected chi connectivity index (χ0v) is 9.47. The van der Waals surface area contributed by atoms with Crippen molar-refractivity contribution in [3.05, 3.63) is 0 Å². The molecule has 1 fully saturated rings. The maximum absolute atomic E-state index is 11.4. The summed E-state index contributed by atoms with van der Waals surface area (Å²) in [5.74, 6) is 0.978. The van der Waals surface area contributed by atoms with Gasteiger partial charge in [0.2, 0.25) is 0 Å². The van der Waals surface area contributed by atoms with Crippen molar-refractivity contribution in [2.45, 2.75) is 31.8 Å². The largest absolute Gasteiger partial charge is 0.480 e. The van der Waals surface area contributed by atoms with Crippen LogP contribution in [0.15, 0.2) is 0 Å². The van der Waals surface area contributed by atoms with Crippen LogP contribution in [0.5, 0.6) is 0 Å². The van der Waals surface area contributed by atoms with Crippen LogP contribution in [0.4, 0.5) is 4.79 Å². The normalized spacial score (nSPS) is 22.1. The minimum Gasteiger partial charge on any atom is -0.480 e. The second kappa shape index (κ2) is 5.85. The summed E-state index contributed by atoms with van der Waals surface area (Å²) >= 11 is 1.80. The molecule has 86 valence electrons. The maximum Gasteiger partial charge on any atom is 0.326 e. The summed E-state index contributed by atoms with van der Waals surface area (Å²) < 4.78 is 0. The lowest BCUT2D eigenvalue weighted by Crippen LogP contribution is -2.48. The molecular formula is C9H16N2O3S. The second-order valence-corrected chi connectivity index (χ2v) is 4.63. The number of rotatable bonds is 4. The average molecular weight is 232 g/mol. The first-order valence-corrected chi connectivity index (χ1v) is 6.16. The number of carbonyl (C=O) groups excluding carboxylic acids is 1. The number of amides is 2. The maximum atomic E-state index is 11.4. The van der Waals surface area contributed by atoms with Crippen LogP contribution in [0.2, 0.25) is 0 Å². The summed E-state index contributed by atoms with van der Waals surface area (Å²) in [6, 6.07) is -0.989. The molecule has 0 aromatic carbocycles. The molecule has 2 amide bonds. The van der Waals surface area contributed by atoms with Gasteiger partial charge in [-0.15, -0.1) is 0 Å². The Morgan fingerprint density at radius 2 is 2.33 bits per heavy atom.